The molecule has 0 spiro atoms. The van der Waals surface area contributed by atoms with Crippen molar-refractivity contribution in [3.8, 4) is 5.75 Å². The van der Waals surface area contributed by atoms with Crippen molar-refractivity contribution in [2.24, 2.45) is 0 Å². The number of benzene rings is 1. The number of aliphatic hydroxyl groups excluding tert-OH is 1. The second kappa shape index (κ2) is 5.98. The van der Waals surface area contributed by atoms with Crippen molar-refractivity contribution in [3.05, 3.63) is 56.5 Å². The van der Waals surface area contributed by atoms with Gasteiger partial charge in [0.2, 0.25) is 0 Å². The van der Waals surface area contributed by atoms with Crippen LogP contribution in [-0.2, 0) is 0 Å². The lowest BCUT2D eigenvalue weighted by molar-refractivity contribution is 0.209. The van der Waals surface area contributed by atoms with E-state index in [9.17, 15) is 9.50 Å². The first-order chi connectivity index (χ1) is 9.02. The molecule has 1 N–H and O–H groups in total. The van der Waals surface area contributed by atoms with Crippen LogP contribution in [-0.4, -0.2) is 17.2 Å². The fourth-order valence-corrected chi connectivity index (χ4v) is 2.83. The maximum absolute atomic E-state index is 13.9. The molecule has 0 fully saturated rings. The third kappa shape index (κ3) is 3.13. The van der Waals surface area contributed by atoms with Gasteiger partial charge in [-0.25, -0.2) is 4.39 Å². The van der Waals surface area contributed by atoms with Gasteiger partial charge < -0.3 is 9.84 Å². The number of aromatic nitrogens is 1. The molecule has 0 saturated carbocycles. The average molecular weight is 391 g/mol. The molecule has 19 heavy (non-hydrogen) atoms. The van der Waals surface area contributed by atoms with Gasteiger partial charge in [-0.15, -0.1) is 0 Å². The van der Waals surface area contributed by atoms with Crippen molar-refractivity contribution in [2.75, 3.05) is 7.11 Å². The predicted octanol–water partition coefficient (Wildman–Crippen LogP) is 3.84. The largest absolute Gasteiger partial charge is 0.497 e. The molecule has 2 rings (SSSR count). The highest BCUT2D eigenvalue weighted by Crippen LogP contribution is 2.31. The van der Waals surface area contributed by atoms with E-state index in [1.807, 2.05) is 0 Å². The van der Waals surface area contributed by atoms with E-state index in [1.54, 1.807) is 18.3 Å². The van der Waals surface area contributed by atoms with Crippen LogP contribution in [0.1, 0.15) is 17.4 Å². The number of hydrogen-bond donors (Lipinski definition) is 1. The minimum atomic E-state index is -1.15. The fourth-order valence-electron chi connectivity index (χ4n) is 1.63. The van der Waals surface area contributed by atoms with E-state index in [-0.39, 0.29) is 5.56 Å². The SMILES string of the molecule is COc1ccc(C(O)c2ncc(Br)cc2Br)c(F)c1. The topological polar surface area (TPSA) is 42.4 Å². The fraction of sp³-hybridized carbons (Fsp3) is 0.154. The Balaban J connectivity index is 2.41. The van der Waals surface area contributed by atoms with Gasteiger partial charge in [0.05, 0.1) is 12.8 Å². The summed E-state index contributed by atoms with van der Waals surface area (Å²) >= 11 is 6.57. The Morgan fingerprint density at radius 2 is 2.05 bits per heavy atom. The number of nitrogens with zero attached hydrogens (tertiary/aromatic N) is 1. The number of hydrogen-bond acceptors (Lipinski definition) is 3. The van der Waals surface area contributed by atoms with Crippen LogP contribution in [0.5, 0.6) is 5.75 Å². The molecule has 1 heterocycles. The van der Waals surface area contributed by atoms with Gasteiger partial charge in [0.15, 0.2) is 0 Å². The van der Waals surface area contributed by atoms with Crippen LogP contribution in [0, 0.1) is 5.82 Å². The first kappa shape index (κ1) is 14.4. The maximum atomic E-state index is 13.9. The third-order valence-electron chi connectivity index (χ3n) is 2.60. The molecule has 3 nitrogen and oxygen atoms in total. The van der Waals surface area contributed by atoms with Crippen molar-refractivity contribution < 1.29 is 14.2 Å². The van der Waals surface area contributed by atoms with E-state index in [2.05, 4.69) is 36.8 Å². The Bertz CT molecular complexity index is 607. The van der Waals surface area contributed by atoms with Crippen molar-refractivity contribution >= 4 is 31.9 Å². The quantitative estimate of drug-likeness (QED) is 0.865. The highest BCUT2D eigenvalue weighted by molar-refractivity contribution is 9.11. The first-order valence-electron chi connectivity index (χ1n) is 5.35. The van der Waals surface area contributed by atoms with Crippen molar-refractivity contribution in [1.29, 1.82) is 0 Å². The molecule has 1 aromatic carbocycles. The zero-order chi connectivity index (χ0) is 14.0. The molecule has 0 radical (unpaired) electrons. The van der Waals surface area contributed by atoms with Gasteiger partial charge in [-0.3, -0.25) is 4.98 Å². The molecule has 0 amide bonds. The number of methoxy groups -OCH3 is 1. The van der Waals surface area contributed by atoms with E-state index in [0.29, 0.717) is 15.9 Å². The molecule has 1 unspecified atom stereocenters. The molecule has 1 aromatic heterocycles. The summed E-state index contributed by atoms with van der Waals surface area (Å²) in [6, 6.07) is 6.04. The summed E-state index contributed by atoms with van der Waals surface area (Å²) in [5, 5.41) is 10.2. The van der Waals surface area contributed by atoms with Crippen LogP contribution in [0.25, 0.3) is 0 Å². The number of halogens is 3. The number of rotatable bonds is 3. The van der Waals surface area contributed by atoms with E-state index in [0.717, 1.165) is 4.47 Å². The van der Waals surface area contributed by atoms with Crippen LogP contribution in [0.4, 0.5) is 4.39 Å². The Labute approximate surface area is 126 Å². The van der Waals surface area contributed by atoms with Gasteiger partial charge in [0.1, 0.15) is 17.7 Å². The van der Waals surface area contributed by atoms with E-state index in [1.165, 1.54) is 19.2 Å². The zero-order valence-electron chi connectivity index (χ0n) is 9.90. The van der Waals surface area contributed by atoms with Gasteiger partial charge in [-0.1, -0.05) is 0 Å². The highest BCUT2D eigenvalue weighted by atomic mass is 79.9. The standard InChI is InChI=1S/C13H10Br2FNO2/c1-19-8-2-3-9(11(16)5-8)13(18)12-10(15)4-7(14)6-17-12/h2-6,13,18H,1H3. The third-order valence-corrected chi connectivity index (χ3v) is 3.67. The van der Waals surface area contributed by atoms with E-state index >= 15 is 0 Å². The van der Waals surface area contributed by atoms with Crippen LogP contribution < -0.4 is 4.74 Å². The first-order valence-corrected chi connectivity index (χ1v) is 6.94. The smallest absolute Gasteiger partial charge is 0.133 e. The molecule has 2 aromatic rings. The molecule has 0 bridgehead atoms. The monoisotopic (exact) mass is 389 g/mol. The summed E-state index contributed by atoms with van der Waals surface area (Å²) in [7, 11) is 1.46. The molecule has 0 saturated heterocycles. The summed E-state index contributed by atoms with van der Waals surface area (Å²) in [5.74, 6) is -0.139. The van der Waals surface area contributed by atoms with Crippen LogP contribution >= 0.6 is 31.9 Å². The lowest BCUT2D eigenvalue weighted by Gasteiger charge is -2.14. The summed E-state index contributed by atoms with van der Waals surface area (Å²) in [6.45, 7) is 0. The van der Waals surface area contributed by atoms with Crippen LogP contribution in [0.2, 0.25) is 0 Å². The Kier molecular flexibility index (Phi) is 4.54. The average Bonchev–Trinajstić information content (AvgIpc) is 2.37. The van der Waals surface area contributed by atoms with Gasteiger partial charge >= 0.3 is 0 Å². The molecule has 0 aliphatic carbocycles. The van der Waals surface area contributed by atoms with Gasteiger partial charge in [-0.05, 0) is 50.1 Å². The maximum Gasteiger partial charge on any atom is 0.133 e. The summed E-state index contributed by atoms with van der Waals surface area (Å²) in [4.78, 5) is 4.10. The Hall–Kier alpha value is -0.980. The van der Waals surface area contributed by atoms with Gasteiger partial charge in [0, 0.05) is 26.8 Å². The number of aliphatic hydroxyl groups is 1. The lowest BCUT2D eigenvalue weighted by atomic mass is 10.1. The Morgan fingerprint density at radius 3 is 2.63 bits per heavy atom. The molecule has 6 heteroatoms. The molecule has 1 atom stereocenters. The van der Waals surface area contributed by atoms with E-state index in [4.69, 9.17) is 4.74 Å². The summed E-state index contributed by atoms with van der Waals surface area (Å²) in [6.07, 6.45) is 0.401. The molecular weight excluding hydrogens is 381 g/mol. The summed E-state index contributed by atoms with van der Waals surface area (Å²) in [5.41, 5.74) is 0.503. The summed E-state index contributed by atoms with van der Waals surface area (Å²) < 4.78 is 20.2. The number of pyridine rings is 1. The van der Waals surface area contributed by atoms with Crippen molar-refractivity contribution in [2.45, 2.75) is 6.10 Å². The zero-order valence-corrected chi connectivity index (χ0v) is 13.1. The minimum Gasteiger partial charge on any atom is -0.497 e. The van der Waals surface area contributed by atoms with Crippen LogP contribution in [0.15, 0.2) is 39.4 Å². The van der Waals surface area contributed by atoms with Crippen molar-refractivity contribution in [3.63, 3.8) is 0 Å². The minimum absolute atomic E-state index is 0.149. The predicted molar refractivity (Wildman–Crippen MR) is 76.7 cm³/mol. The normalized spacial score (nSPS) is 12.3. The second-order valence-electron chi connectivity index (χ2n) is 3.81. The second-order valence-corrected chi connectivity index (χ2v) is 5.58. The van der Waals surface area contributed by atoms with Gasteiger partial charge in [0.25, 0.3) is 0 Å². The van der Waals surface area contributed by atoms with Crippen LogP contribution in [0.3, 0.4) is 0 Å². The highest BCUT2D eigenvalue weighted by Gasteiger charge is 2.19. The molecule has 0 aliphatic rings. The van der Waals surface area contributed by atoms with E-state index < -0.39 is 11.9 Å². The van der Waals surface area contributed by atoms with Crippen molar-refractivity contribution in [1.82, 2.24) is 4.98 Å². The molecule has 100 valence electrons. The molecule has 0 aliphatic heterocycles. The van der Waals surface area contributed by atoms with Gasteiger partial charge in [-0.2, -0.15) is 0 Å². The molecular formula is C13H10Br2FNO2. The lowest BCUT2D eigenvalue weighted by Crippen LogP contribution is -2.06. The number of ether oxygens (including phenoxy) is 1. The Morgan fingerprint density at radius 1 is 1.32 bits per heavy atom.